The largest absolute Gasteiger partial charge is 0.393 e. The maximum atomic E-state index is 12.0. The highest BCUT2D eigenvalue weighted by Crippen LogP contribution is 2.22. The van der Waals surface area contributed by atoms with Crippen LogP contribution >= 0.6 is 0 Å². The molecule has 2 unspecified atom stereocenters. The zero-order chi connectivity index (χ0) is 12.2. The molecule has 1 saturated heterocycles. The maximum Gasteiger partial charge on any atom is 0.214 e. The molecule has 4 nitrogen and oxygen atoms in total. The van der Waals surface area contributed by atoms with Gasteiger partial charge < -0.3 is 5.11 Å². The topological polar surface area (TPSA) is 57.6 Å². The number of piperidine rings is 1. The van der Waals surface area contributed by atoms with Gasteiger partial charge in [-0.1, -0.05) is 13.3 Å². The summed E-state index contributed by atoms with van der Waals surface area (Å²) in [5.41, 5.74) is 0. The van der Waals surface area contributed by atoms with Crippen molar-refractivity contribution in [1.82, 2.24) is 4.31 Å². The predicted molar refractivity (Wildman–Crippen MR) is 64.7 cm³/mol. The zero-order valence-corrected chi connectivity index (χ0v) is 11.0. The Balaban J connectivity index is 2.59. The van der Waals surface area contributed by atoms with Crippen molar-refractivity contribution >= 4 is 10.0 Å². The van der Waals surface area contributed by atoms with Crippen LogP contribution in [0.4, 0.5) is 0 Å². The summed E-state index contributed by atoms with van der Waals surface area (Å²) < 4.78 is 25.5. The molecule has 0 aliphatic carbocycles. The molecule has 96 valence electrons. The molecule has 0 spiro atoms. The average Bonchev–Trinajstić information content (AvgIpc) is 2.26. The Bertz CT molecular complexity index is 300. The third-order valence-electron chi connectivity index (χ3n) is 3.25. The molecule has 1 rings (SSSR count). The van der Waals surface area contributed by atoms with Crippen LogP contribution in [0.25, 0.3) is 0 Å². The molecule has 1 aliphatic rings. The van der Waals surface area contributed by atoms with E-state index >= 15 is 0 Å². The van der Waals surface area contributed by atoms with Gasteiger partial charge in [-0.3, -0.25) is 0 Å². The molecule has 0 saturated carbocycles. The van der Waals surface area contributed by atoms with E-state index in [-0.39, 0.29) is 11.7 Å². The van der Waals surface area contributed by atoms with Crippen LogP contribution in [0.3, 0.4) is 0 Å². The van der Waals surface area contributed by atoms with E-state index in [0.29, 0.717) is 13.1 Å². The molecule has 0 aromatic heterocycles. The second-order valence-electron chi connectivity index (χ2n) is 4.67. The summed E-state index contributed by atoms with van der Waals surface area (Å²) in [7, 11) is -3.09. The van der Waals surface area contributed by atoms with Crippen molar-refractivity contribution in [2.75, 3.05) is 18.8 Å². The SMILES string of the molecule is CCCCS(=O)(=O)N1CCCC(C(C)O)C1. The molecule has 1 N–H and O–H groups in total. The molecule has 0 aromatic rings. The summed E-state index contributed by atoms with van der Waals surface area (Å²) in [5.74, 6) is 0.348. The summed E-state index contributed by atoms with van der Waals surface area (Å²) in [6, 6.07) is 0. The first-order valence-corrected chi connectivity index (χ1v) is 7.74. The highest BCUT2D eigenvalue weighted by Gasteiger charge is 2.30. The highest BCUT2D eigenvalue weighted by molar-refractivity contribution is 7.89. The standard InChI is InChI=1S/C11H23NO3S/c1-3-4-8-16(14,15)12-7-5-6-11(9-12)10(2)13/h10-11,13H,3-9H2,1-2H3. The normalized spacial score (nSPS) is 25.6. The molecule has 0 aromatic carbocycles. The fraction of sp³-hybridized carbons (Fsp3) is 1.00. The molecule has 16 heavy (non-hydrogen) atoms. The highest BCUT2D eigenvalue weighted by atomic mass is 32.2. The van der Waals surface area contributed by atoms with Crippen LogP contribution in [0.5, 0.6) is 0 Å². The van der Waals surface area contributed by atoms with Gasteiger partial charge in [0.25, 0.3) is 0 Å². The van der Waals surface area contributed by atoms with E-state index in [0.717, 1.165) is 25.7 Å². The number of nitrogens with zero attached hydrogens (tertiary/aromatic N) is 1. The number of hydrogen-bond acceptors (Lipinski definition) is 3. The van der Waals surface area contributed by atoms with Crippen LogP contribution in [0, 0.1) is 5.92 Å². The van der Waals surface area contributed by atoms with Crippen LogP contribution in [0.2, 0.25) is 0 Å². The van der Waals surface area contributed by atoms with Gasteiger partial charge in [-0.15, -0.1) is 0 Å². The van der Waals surface area contributed by atoms with Crippen LogP contribution in [0.15, 0.2) is 0 Å². The number of sulfonamides is 1. The van der Waals surface area contributed by atoms with Crippen LogP contribution in [-0.4, -0.2) is 42.8 Å². The average molecular weight is 249 g/mol. The lowest BCUT2D eigenvalue weighted by Crippen LogP contribution is -2.43. The van der Waals surface area contributed by atoms with E-state index in [9.17, 15) is 13.5 Å². The van der Waals surface area contributed by atoms with Crippen LogP contribution in [0.1, 0.15) is 39.5 Å². The molecule has 0 bridgehead atoms. The van der Waals surface area contributed by atoms with Gasteiger partial charge in [-0.05, 0) is 32.1 Å². The van der Waals surface area contributed by atoms with Crippen molar-refractivity contribution in [1.29, 1.82) is 0 Å². The fourth-order valence-corrected chi connectivity index (χ4v) is 3.81. The van der Waals surface area contributed by atoms with Crippen molar-refractivity contribution < 1.29 is 13.5 Å². The van der Waals surface area contributed by atoms with E-state index in [2.05, 4.69) is 0 Å². The molecular weight excluding hydrogens is 226 g/mol. The predicted octanol–water partition coefficient (Wildman–Crippen LogP) is 1.21. The van der Waals surface area contributed by atoms with E-state index in [4.69, 9.17) is 0 Å². The van der Waals surface area contributed by atoms with E-state index in [1.807, 2.05) is 6.92 Å². The number of unbranched alkanes of at least 4 members (excludes halogenated alkanes) is 1. The monoisotopic (exact) mass is 249 g/mol. The number of hydrogen-bond donors (Lipinski definition) is 1. The van der Waals surface area contributed by atoms with Gasteiger partial charge in [0.05, 0.1) is 11.9 Å². The van der Waals surface area contributed by atoms with Gasteiger partial charge in [0, 0.05) is 13.1 Å². The first-order valence-electron chi connectivity index (χ1n) is 6.13. The van der Waals surface area contributed by atoms with Crippen molar-refractivity contribution in [3.05, 3.63) is 0 Å². The first-order chi connectivity index (χ1) is 7.47. The van der Waals surface area contributed by atoms with Crippen LogP contribution in [-0.2, 0) is 10.0 Å². The summed E-state index contributed by atoms with van der Waals surface area (Å²) in [4.78, 5) is 0. The Kier molecular flexibility index (Phi) is 5.21. The van der Waals surface area contributed by atoms with E-state index in [1.54, 1.807) is 11.2 Å². The van der Waals surface area contributed by atoms with Gasteiger partial charge in [0.2, 0.25) is 10.0 Å². The number of aliphatic hydroxyl groups is 1. The first kappa shape index (κ1) is 13.9. The third-order valence-corrected chi connectivity index (χ3v) is 5.18. The lowest BCUT2D eigenvalue weighted by Gasteiger charge is -2.33. The number of aliphatic hydroxyl groups excluding tert-OH is 1. The molecule has 5 heteroatoms. The van der Waals surface area contributed by atoms with Crippen molar-refractivity contribution in [3.8, 4) is 0 Å². The zero-order valence-electron chi connectivity index (χ0n) is 10.2. The summed E-state index contributed by atoms with van der Waals surface area (Å²) in [6.07, 6.45) is 2.99. The summed E-state index contributed by atoms with van der Waals surface area (Å²) >= 11 is 0. The van der Waals surface area contributed by atoms with E-state index < -0.39 is 16.1 Å². The Morgan fingerprint density at radius 1 is 1.50 bits per heavy atom. The quantitative estimate of drug-likeness (QED) is 0.796. The van der Waals surface area contributed by atoms with Gasteiger partial charge in [0.15, 0.2) is 0 Å². The Labute approximate surface area is 98.7 Å². The Morgan fingerprint density at radius 2 is 2.19 bits per heavy atom. The summed E-state index contributed by atoms with van der Waals surface area (Å²) in [6.45, 7) is 4.84. The fourth-order valence-electron chi connectivity index (χ4n) is 2.08. The van der Waals surface area contributed by atoms with Crippen LogP contribution < -0.4 is 0 Å². The minimum Gasteiger partial charge on any atom is -0.393 e. The second-order valence-corrected chi connectivity index (χ2v) is 6.76. The van der Waals surface area contributed by atoms with Gasteiger partial charge >= 0.3 is 0 Å². The molecule has 1 heterocycles. The van der Waals surface area contributed by atoms with Gasteiger partial charge in [-0.2, -0.15) is 0 Å². The minimum atomic E-state index is -3.09. The van der Waals surface area contributed by atoms with Crippen molar-refractivity contribution in [2.24, 2.45) is 5.92 Å². The molecule has 0 radical (unpaired) electrons. The maximum absolute atomic E-state index is 12.0. The van der Waals surface area contributed by atoms with E-state index in [1.165, 1.54) is 0 Å². The molecule has 1 fully saturated rings. The minimum absolute atomic E-state index is 0.102. The molecule has 1 aliphatic heterocycles. The molecular formula is C11H23NO3S. The third kappa shape index (κ3) is 3.71. The van der Waals surface area contributed by atoms with Crippen molar-refractivity contribution in [2.45, 2.75) is 45.6 Å². The number of rotatable bonds is 5. The van der Waals surface area contributed by atoms with Gasteiger partial charge in [0.1, 0.15) is 0 Å². The molecule has 0 amide bonds. The van der Waals surface area contributed by atoms with Crippen molar-refractivity contribution in [3.63, 3.8) is 0 Å². The lowest BCUT2D eigenvalue weighted by atomic mass is 9.95. The van der Waals surface area contributed by atoms with Gasteiger partial charge in [-0.25, -0.2) is 12.7 Å². The lowest BCUT2D eigenvalue weighted by molar-refractivity contribution is 0.0885. The Hall–Kier alpha value is -0.130. The smallest absolute Gasteiger partial charge is 0.214 e. The summed E-state index contributed by atoms with van der Waals surface area (Å²) in [5, 5.41) is 9.52. The second kappa shape index (κ2) is 5.98. The Morgan fingerprint density at radius 3 is 2.75 bits per heavy atom. The molecule has 2 atom stereocenters.